The molecule has 0 bridgehead atoms. The van der Waals surface area contributed by atoms with Crippen molar-refractivity contribution in [1.82, 2.24) is 0 Å². The van der Waals surface area contributed by atoms with Crippen LogP contribution in [0.2, 0.25) is 0 Å². The van der Waals surface area contributed by atoms with Crippen molar-refractivity contribution < 1.29 is 9.59 Å². The van der Waals surface area contributed by atoms with Gasteiger partial charge in [-0.2, -0.15) is 0 Å². The number of hydrogen-bond donors (Lipinski definition) is 0. The van der Waals surface area contributed by atoms with Gasteiger partial charge in [0.2, 0.25) is 0 Å². The minimum absolute atomic E-state index is 0.210. The van der Waals surface area contributed by atoms with E-state index in [4.69, 9.17) is 0 Å². The molecule has 3 aliphatic carbocycles. The Balaban J connectivity index is 1.96. The fourth-order valence-corrected chi connectivity index (χ4v) is 4.61. The topological polar surface area (TPSA) is 34.1 Å². The van der Waals surface area contributed by atoms with Crippen LogP contribution in [0.15, 0.2) is 21.7 Å². The van der Waals surface area contributed by atoms with Crippen LogP contribution < -0.4 is 0 Å². The Morgan fingerprint density at radius 2 is 1.80 bits per heavy atom. The minimum Gasteiger partial charge on any atom is -0.299 e. The zero-order valence-electron chi connectivity index (χ0n) is 11.8. The number of ketones is 2. The van der Waals surface area contributed by atoms with Crippen molar-refractivity contribution in [2.75, 3.05) is 0 Å². The summed E-state index contributed by atoms with van der Waals surface area (Å²) in [4.78, 5) is 24.4. The van der Waals surface area contributed by atoms with Gasteiger partial charge in [0.1, 0.15) is 5.78 Å². The van der Waals surface area contributed by atoms with E-state index < -0.39 is 0 Å². The summed E-state index contributed by atoms with van der Waals surface area (Å²) < 4.78 is 1.31. The maximum atomic E-state index is 12.6. The predicted octanol–water partition coefficient (Wildman–Crippen LogP) is 4.63. The van der Waals surface area contributed by atoms with E-state index in [-0.39, 0.29) is 11.2 Å². The van der Waals surface area contributed by atoms with Gasteiger partial charge in [-0.3, -0.25) is 9.59 Å². The lowest BCUT2D eigenvalue weighted by Gasteiger charge is -2.41. The number of allylic oxidation sites excluding steroid dienone is 4. The molecule has 2 nitrogen and oxygen atoms in total. The summed E-state index contributed by atoms with van der Waals surface area (Å²) in [5.41, 5.74) is 2.22. The van der Waals surface area contributed by atoms with E-state index >= 15 is 0 Å². The van der Waals surface area contributed by atoms with Crippen LogP contribution in [0, 0.1) is 5.41 Å². The van der Waals surface area contributed by atoms with Gasteiger partial charge in [-0.25, -0.2) is 0 Å². The molecular weight excluding hydrogens is 316 g/mol. The monoisotopic (exact) mass is 336 g/mol. The maximum absolute atomic E-state index is 12.6. The molecule has 0 radical (unpaired) electrons. The average Bonchev–Trinajstić information content (AvgIpc) is 2.43. The van der Waals surface area contributed by atoms with Gasteiger partial charge in [0.15, 0.2) is 5.78 Å². The van der Waals surface area contributed by atoms with Crippen molar-refractivity contribution in [3.8, 4) is 0 Å². The normalized spacial score (nSPS) is 31.1. The van der Waals surface area contributed by atoms with Crippen LogP contribution in [-0.2, 0) is 9.59 Å². The highest BCUT2D eigenvalue weighted by atomic mass is 79.9. The number of rotatable bonds is 2. The molecule has 1 atom stereocenters. The van der Waals surface area contributed by atoms with Gasteiger partial charge in [-0.1, -0.05) is 27.1 Å². The highest BCUT2D eigenvalue weighted by Crippen LogP contribution is 2.50. The molecule has 1 fully saturated rings. The smallest absolute Gasteiger partial charge is 0.155 e. The minimum atomic E-state index is -0.335. The lowest BCUT2D eigenvalue weighted by atomic mass is 9.60. The molecule has 0 aromatic carbocycles. The first-order valence-electron chi connectivity index (χ1n) is 7.75. The van der Waals surface area contributed by atoms with Gasteiger partial charge >= 0.3 is 0 Å². The first-order chi connectivity index (χ1) is 9.62. The highest BCUT2D eigenvalue weighted by Gasteiger charge is 2.46. The fourth-order valence-electron chi connectivity index (χ4n) is 3.99. The van der Waals surface area contributed by atoms with E-state index in [0.717, 1.165) is 44.1 Å². The Hall–Kier alpha value is -0.700. The quantitative estimate of drug-likeness (QED) is 0.736. The summed E-state index contributed by atoms with van der Waals surface area (Å²) in [7, 11) is 0. The molecule has 0 aromatic heterocycles. The van der Waals surface area contributed by atoms with Crippen molar-refractivity contribution in [2.45, 2.75) is 64.2 Å². The number of carbonyl (C=O) groups excluding carboxylic acids is 2. The summed E-state index contributed by atoms with van der Waals surface area (Å²) in [5, 5.41) is 0. The van der Waals surface area contributed by atoms with Gasteiger partial charge in [-0.15, -0.1) is 0 Å². The molecule has 1 unspecified atom stereocenters. The lowest BCUT2D eigenvalue weighted by molar-refractivity contribution is -0.129. The van der Waals surface area contributed by atoms with Crippen LogP contribution in [0.5, 0.6) is 0 Å². The van der Waals surface area contributed by atoms with Crippen LogP contribution in [0.25, 0.3) is 0 Å². The zero-order chi connectivity index (χ0) is 14.2. The molecule has 0 saturated heterocycles. The van der Waals surface area contributed by atoms with Crippen molar-refractivity contribution >= 4 is 27.5 Å². The Morgan fingerprint density at radius 1 is 1.00 bits per heavy atom. The van der Waals surface area contributed by atoms with E-state index in [1.807, 2.05) is 0 Å². The predicted molar refractivity (Wildman–Crippen MR) is 82.7 cm³/mol. The molecule has 0 N–H and O–H groups in total. The van der Waals surface area contributed by atoms with Crippen LogP contribution >= 0.6 is 15.9 Å². The van der Waals surface area contributed by atoms with Crippen LogP contribution in [-0.4, -0.2) is 11.6 Å². The van der Waals surface area contributed by atoms with E-state index in [2.05, 4.69) is 15.9 Å². The molecule has 0 aromatic rings. The van der Waals surface area contributed by atoms with Crippen molar-refractivity contribution in [3.05, 3.63) is 21.7 Å². The van der Waals surface area contributed by atoms with Gasteiger partial charge in [0, 0.05) is 12.8 Å². The Morgan fingerprint density at radius 3 is 2.60 bits per heavy atom. The number of hydrogen-bond acceptors (Lipinski definition) is 2. The van der Waals surface area contributed by atoms with E-state index in [0.29, 0.717) is 18.6 Å². The van der Waals surface area contributed by atoms with Gasteiger partial charge in [0.05, 0.1) is 5.41 Å². The van der Waals surface area contributed by atoms with Crippen LogP contribution in [0.4, 0.5) is 0 Å². The summed E-state index contributed by atoms with van der Waals surface area (Å²) in [6.45, 7) is 0. The third-order valence-electron chi connectivity index (χ3n) is 5.16. The summed E-state index contributed by atoms with van der Waals surface area (Å²) >= 11 is 3.71. The lowest BCUT2D eigenvalue weighted by Crippen LogP contribution is -2.40. The molecule has 1 saturated carbocycles. The molecule has 0 amide bonds. The van der Waals surface area contributed by atoms with E-state index in [1.54, 1.807) is 6.08 Å². The van der Waals surface area contributed by atoms with Gasteiger partial charge < -0.3 is 0 Å². The van der Waals surface area contributed by atoms with Gasteiger partial charge in [0.25, 0.3) is 0 Å². The number of carbonyl (C=O) groups is 2. The first-order valence-corrected chi connectivity index (χ1v) is 8.55. The van der Waals surface area contributed by atoms with Crippen molar-refractivity contribution in [3.63, 3.8) is 0 Å². The SMILES string of the molecule is O=C1C=C2CCCC(=O)C2(CC2=C(Br)CCCC2)CC1. The molecule has 20 heavy (non-hydrogen) atoms. The molecule has 0 aliphatic heterocycles. The molecule has 0 spiro atoms. The summed E-state index contributed by atoms with van der Waals surface area (Å²) in [6, 6.07) is 0. The summed E-state index contributed by atoms with van der Waals surface area (Å²) in [6.07, 6.45) is 11.1. The van der Waals surface area contributed by atoms with Crippen LogP contribution in [0.3, 0.4) is 0 Å². The number of Topliss-reactive ketones (excluding diaryl/α,β-unsaturated/α-hetero) is 1. The standard InChI is InChI=1S/C17H21BrO2/c18-15-6-2-1-4-12(15)11-17-9-8-14(19)10-13(17)5-3-7-16(17)20/h10H,1-9,11H2. The Labute approximate surface area is 128 Å². The van der Waals surface area contributed by atoms with E-state index in [1.165, 1.54) is 22.9 Å². The second kappa shape index (κ2) is 5.59. The second-order valence-electron chi connectivity index (χ2n) is 6.39. The van der Waals surface area contributed by atoms with Gasteiger partial charge in [-0.05, 0) is 61.9 Å². The van der Waals surface area contributed by atoms with Crippen molar-refractivity contribution in [1.29, 1.82) is 0 Å². The average molecular weight is 337 g/mol. The molecule has 3 heteroatoms. The first kappa shape index (κ1) is 14.2. The second-order valence-corrected chi connectivity index (χ2v) is 7.34. The molecule has 0 heterocycles. The van der Waals surface area contributed by atoms with Crippen molar-refractivity contribution in [2.24, 2.45) is 5.41 Å². The fraction of sp³-hybridized carbons (Fsp3) is 0.647. The number of fused-ring (bicyclic) bond motifs is 1. The third kappa shape index (κ3) is 2.45. The highest BCUT2D eigenvalue weighted by molar-refractivity contribution is 9.11. The van der Waals surface area contributed by atoms with Crippen LogP contribution in [0.1, 0.15) is 64.2 Å². The largest absolute Gasteiger partial charge is 0.299 e. The Bertz CT molecular complexity index is 515. The summed E-state index contributed by atoms with van der Waals surface area (Å²) in [5.74, 6) is 0.586. The molecule has 3 aliphatic rings. The third-order valence-corrected chi connectivity index (χ3v) is 6.11. The van der Waals surface area contributed by atoms with E-state index in [9.17, 15) is 9.59 Å². The zero-order valence-corrected chi connectivity index (χ0v) is 13.4. The molecular formula is C17H21BrO2. The molecule has 108 valence electrons. The maximum Gasteiger partial charge on any atom is 0.155 e. The molecule has 3 rings (SSSR count). The number of halogens is 1. The Kier molecular flexibility index (Phi) is 3.98.